The van der Waals surface area contributed by atoms with Gasteiger partial charge in [-0.15, -0.1) is 0 Å². The van der Waals surface area contributed by atoms with Crippen molar-refractivity contribution >= 4 is 17.7 Å². The molecule has 3 rings (SSSR count). The fourth-order valence-corrected chi connectivity index (χ4v) is 4.98. The van der Waals surface area contributed by atoms with E-state index < -0.39 is 0 Å². The van der Waals surface area contributed by atoms with Crippen molar-refractivity contribution in [2.45, 2.75) is 50.1 Å². The van der Waals surface area contributed by atoms with Gasteiger partial charge in [-0.1, -0.05) is 6.42 Å². The topological polar surface area (TPSA) is 53.6 Å². The minimum absolute atomic E-state index is 0.128. The van der Waals surface area contributed by atoms with E-state index >= 15 is 0 Å². The van der Waals surface area contributed by atoms with E-state index in [4.69, 9.17) is 4.74 Å². The summed E-state index contributed by atoms with van der Waals surface area (Å²) in [5.41, 5.74) is 0.128. The third-order valence-electron chi connectivity index (χ3n) is 5.50. The van der Waals surface area contributed by atoms with Gasteiger partial charge in [0.2, 0.25) is 5.91 Å². The van der Waals surface area contributed by atoms with Crippen LogP contribution in [-0.4, -0.2) is 73.3 Å². The summed E-state index contributed by atoms with van der Waals surface area (Å²) in [6, 6.07) is 0.342. The molecule has 0 radical (unpaired) electrons. The molecule has 0 aromatic carbocycles. The van der Waals surface area contributed by atoms with E-state index in [-0.39, 0.29) is 11.4 Å². The Morgan fingerprint density at radius 3 is 2.74 bits per heavy atom. The highest BCUT2D eigenvalue weighted by Gasteiger charge is 2.39. The van der Waals surface area contributed by atoms with Gasteiger partial charge in [-0.3, -0.25) is 9.69 Å². The molecule has 3 heterocycles. The third-order valence-corrected chi connectivity index (χ3v) is 6.63. The van der Waals surface area contributed by atoms with E-state index in [1.165, 1.54) is 32.4 Å². The first-order valence-corrected chi connectivity index (χ1v) is 10.3. The van der Waals surface area contributed by atoms with Gasteiger partial charge in [0, 0.05) is 55.8 Å². The number of rotatable bonds is 5. The van der Waals surface area contributed by atoms with Crippen LogP contribution in [-0.2, 0) is 9.53 Å². The number of carbonyl (C=O) groups is 1. The highest BCUT2D eigenvalue weighted by atomic mass is 32.2. The molecule has 0 aliphatic carbocycles. The summed E-state index contributed by atoms with van der Waals surface area (Å²) >= 11 is 1.95. The maximum Gasteiger partial charge on any atom is 0.221 e. The van der Waals surface area contributed by atoms with E-state index in [2.05, 4.69) is 15.5 Å². The molecule has 0 saturated carbocycles. The number of piperidine rings is 1. The lowest BCUT2D eigenvalue weighted by Gasteiger charge is -2.48. The van der Waals surface area contributed by atoms with Crippen molar-refractivity contribution in [2.24, 2.45) is 0 Å². The molecule has 0 spiro atoms. The summed E-state index contributed by atoms with van der Waals surface area (Å²) in [5, 5.41) is 6.70. The van der Waals surface area contributed by atoms with Crippen molar-refractivity contribution in [3.8, 4) is 0 Å². The molecular formula is C17H31N3O2S. The summed E-state index contributed by atoms with van der Waals surface area (Å²) in [6.45, 7) is 5.82. The number of carbonyl (C=O) groups excluding carboxylic acids is 1. The molecule has 3 fully saturated rings. The van der Waals surface area contributed by atoms with E-state index in [0.29, 0.717) is 12.5 Å². The Bertz CT molecular complexity index is 376. The summed E-state index contributed by atoms with van der Waals surface area (Å²) in [7, 11) is 0. The Hall–Kier alpha value is -0.300. The number of amides is 1. The number of nitrogens with zero attached hydrogens (tertiary/aromatic N) is 1. The van der Waals surface area contributed by atoms with Crippen molar-refractivity contribution in [3.05, 3.63) is 0 Å². The van der Waals surface area contributed by atoms with Gasteiger partial charge < -0.3 is 15.4 Å². The number of ether oxygens (including phenoxy) is 1. The molecule has 3 aliphatic heterocycles. The van der Waals surface area contributed by atoms with Crippen LogP contribution in [0.4, 0.5) is 0 Å². The molecule has 0 bridgehead atoms. The second kappa shape index (κ2) is 8.70. The molecule has 1 unspecified atom stereocenters. The molecule has 5 nitrogen and oxygen atoms in total. The highest BCUT2D eigenvalue weighted by Crippen LogP contribution is 2.30. The molecule has 2 N–H and O–H groups in total. The molecule has 0 aromatic rings. The second-order valence-corrected chi connectivity index (χ2v) is 8.24. The number of nitrogens with one attached hydrogen (secondary N) is 2. The van der Waals surface area contributed by atoms with Crippen LogP contribution >= 0.6 is 11.8 Å². The summed E-state index contributed by atoms with van der Waals surface area (Å²) in [5.74, 6) is 2.42. The predicted molar refractivity (Wildman–Crippen MR) is 95.0 cm³/mol. The zero-order valence-corrected chi connectivity index (χ0v) is 15.0. The summed E-state index contributed by atoms with van der Waals surface area (Å²) in [4.78, 5) is 15.0. The number of hydrogen-bond donors (Lipinski definition) is 2. The van der Waals surface area contributed by atoms with Gasteiger partial charge in [-0.2, -0.15) is 11.8 Å². The first-order chi connectivity index (χ1) is 11.3. The smallest absolute Gasteiger partial charge is 0.221 e. The molecule has 3 aliphatic rings. The molecule has 6 heteroatoms. The molecule has 0 aromatic heterocycles. The Kier molecular flexibility index (Phi) is 6.62. The minimum atomic E-state index is 0.128. The predicted octanol–water partition coefficient (Wildman–Crippen LogP) is 1.23. The van der Waals surface area contributed by atoms with Crippen LogP contribution in [0.2, 0.25) is 0 Å². The quantitative estimate of drug-likeness (QED) is 0.788. The van der Waals surface area contributed by atoms with Gasteiger partial charge in [0.25, 0.3) is 0 Å². The van der Waals surface area contributed by atoms with Crippen LogP contribution < -0.4 is 10.6 Å². The number of likely N-dealkylation sites (tertiary alicyclic amines) is 1. The largest absolute Gasteiger partial charge is 0.381 e. The summed E-state index contributed by atoms with van der Waals surface area (Å²) < 4.78 is 5.59. The minimum Gasteiger partial charge on any atom is -0.381 e. The van der Waals surface area contributed by atoms with Crippen LogP contribution in [0.15, 0.2) is 0 Å². The summed E-state index contributed by atoms with van der Waals surface area (Å²) in [6.07, 6.45) is 6.63. The fourth-order valence-electron chi connectivity index (χ4n) is 4.03. The van der Waals surface area contributed by atoms with Crippen molar-refractivity contribution in [1.29, 1.82) is 0 Å². The fraction of sp³-hybridized carbons (Fsp3) is 0.941. The maximum absolute atomic E-state index is 12.4. The van der Waals surface area contributed by atoms with Gasteiger partial charge in [-0.25, -0.2) is 0 Å². The van der Waals surface area contributed by atoms with Crippen LogP contribution in [0.1, 0.15) is 38.5 Å². The van der Waals surface area contributed by atoms with E-state index in [0.717, 1.165) is 50.7 Å². The average molecular weight is 342 g/mol. The lowest BCUT2D eigenvalue weighted by atomic mass is 9.86. The molecular weight excluding hydrogens is 310 g/mol. The Morgan fingerprint density at radius 2 is 2.04 bits per heavy atom. The zero-order valence-electron chi connectivity index (χ0n) is 14.1. The SMILES string of the molecule is O=C(CC1CSCCN1)NCC1(N2CCCCC2)CCOCC1. The van der Waals surface area contributed by atoms with Crippen LogP contribution in [0, 0.1) is 0 Å². The van der Waals surface area contributed by atoms with E-state index in [1.807, 2.05) is 11.8 Å². The van der Waals surface area contributed by atoms with Crippen molar-refractivity contribution in [1.82, 2.24) is 15.5 Å². The highest BCUT2D eigenvalue weighted by molar-refractivity contribution is 7.99. The number of hydrogen-bond acceptors (Lipinski definition) is 5. The number of thioether (sulfide) groups is 1. The van der Waals surface area contributed by atoms with Crippen LogP contribution in [0.3, 0.4) is 0 Å². The van der Waals surface area contributed by atoms with Crippen molar-refractivity contribution in [3.63, 3.8) is 0 Å². The van der Waals surface area contributed by atoms with Crippen LogP contribution in [0.25, 0.3) is 0 Å². The lowest BCUT2D eigenvalue weighted by Crippen LogP contribution is -2.59. The van der Waals surface area contributed by atoms with Crippen LogP contribution in [0.5, 0.6) is 0 Å². The van der Waals surface area contributed by atoms with Gasteiger partial charge in [0.15, 0.2) is 0 Å². The normalized spacial score (nSPS) is 29.1. The Morgan fingerprint density at radius 1 is 1.26 bits per heavy atom. The Balaban J connectivity index is 1.52. The van der Waals surface area contributed by atoms with Gasteiger partial charge in [0.05, 0.1) is 0 Å². The molecule has 3 saturated heterocycles. The second-order valence-electron chi connectivity index (χ2n) is 7.09. The zero-order chi connectivity index (χ0) is 16.0. The average Bonchev–Trinajstić information content (AvgIpc) is 2.62. The molecule has 23 heavy (non-hydrogen) atoms. The first kappa shape index (κ1) is 17.5. The molecule has 132 valence electrons. The van der Waals surface area contributed by atoms with Gasteiger partial charge in [-0.05, 0) is 38.8 Å². The first-order valence-electron chi connectivity index (χ1n) is 9.19. The van der Waals surface area contributed by atoms with Gasteiger partial charge in [0.1, 0.15) is 0 Å². The standard InChI is InChI=1S/C17H31N3O2S/c21-16(12-15-13-23-11-6-18-15)19-14-17(4-9-22-10-5-17)20-7-2-1-3-8-20/h15,18H,1-14H2,(H,19,21). The van der Waals surface area contributed by atoms with Crippen molar-refractivity contribution < 1.29 is 9.53 Å². The lowest BCUT2D eigenvalue weighted by molar-refractivity contribution is -0.123. The van der Waals surface area contributed by atoms with Crippen molar-refractivity contribution in [2.75, 3.05) is 50.9 Å². The monoisotopic (exact) mass is 341 g/mol. The van der Waals surface area contributed by atoms with Gasteiger partial charge >= 0.3 is 0 Å². The Labute approximate surface area is 144 Å². The molecule has 1 atom stereocenters. The van der Waals surface area contributed by atoms with E-state index in [9.17, 15) is 4.79 Å². The molecule has 1 amide bonds. The maximum atomic E-state index is 12.4. The third kappa shape index (κ3) is 4.84. The van der Waals surface area contributed by atoms with E-state index in [1.54, 1.807) is 0 Å².